The molecular weight excluding hydrogens is 384 g/mol. The highest BCUT2D eigenvalue weighted by atomic mass is 35.5. The van der Waals surface area contributed by atoms with Crippen LogP contribution in [-0.2, 0) is 9.53 Å². The van der Waals surface area contributed by atoms with Crippen molar-refractivity contribution in [2.75, 3.05) is 19.5 Å². The van der Waals surface area contributed by atoms with Crippen LogP contribution in [-0.4, -0.2) is 37.6 Å². The number of alkyl halides is 1. The SMILES string of the molecule is C[NH+](CC#N)[C@H]1CC[C@@H]2[C@H]3CC[C@@H]4C[C@H](OC(=O)CCl)CC[C@@]4(C)[C@@H]3CC[C@@]21C. The van der Waals surface area contributed by atoms with Gasteiger partial charge in [0.25, 0.3) is 0 Å². The molecule has 5 heteroatoms. The Morgan fingerprint density at radius 1 is 1.10 bits per heavy atom. The normalized spacial score (nSPS) is 47.3. The van der Waals surface area contributed by atoms with E-state index in [9.17, 15) is 10.1 Å². The van der Waals surface area contributed by atoms with Gasteiger partial charge in [-0.1, -0.05) is 13.8 Å². The topological polar surface area (TPSA) is 54.5 Å². The Morgan fingerprint density at radius 3 is 2.55 bits per heavy atom. The van der Waals surface area contributed by atoms with Gasteiger partial charge in [-0.25, -0.2) is 0 Å². The van der Waals surface area contributed by atoms with Crippen molar-refractivity contribution >= 4 is 17.6 Å². The summed E-state index contributed by atoms with van der Waals surface area (Å²) in [5.74, 6) is 2.87. The number of nitrogens with zero attached hydrogens (tertiary/aromatic N) is 1. The number of quaternary nitrogens is 1. The molecule has 0 aliphatic heterocycles. The molecule has 4 aliphatic carbocycles. The van der Waals surface area contributed by atoms with Crippen molar-refractivity contribution in [3.05, 3.63) is 0 Å². The largest absolute Gasteiger partial charge is 0.461 e. The third-order valence-corrected chi connectivity index (χ3v) is 10.2. The van der Waals surface area contributed by atoms with Gasteiger partial charge in [0.15, 0.2) is 6.54 Å². The number of rotatable bonds is 4. The number of esters is 1. The first kappa shape index (κ1) is 21.4. The highest BCUT2D eigenvalue weighted by Crippen LogP contribution is 2.66. The van der Waals surface area contributed by atoms with Crippen LogP contribution in [0.3, 0.4) is 0 Å². The van der Waals surface area contributed by atoms with E-state index in [0.29, 0.717) is 29.3 Å². The standard InChI is InChI=1S/C24H37ClN2O2/c1-23-10-8-17(29-22(28)15-25)14-16(23)4-5-18-19-6-7-21(27(3)13-12-26)24(19,2)11-9-20(18)23/h16-21H,4-11,13-15H2,1-3H3/p+1/t16-,17-,18-,19-,20-,21+,23-,24+/m1/s1. The summed E-state index contributed by atoms with van der Waals surface area (Å²) >= 11 is 5.65. The van der Waals surface area contributed by atoms with Gasteiger partial charge >= 0.3 is 5.97 Å². The average Bonchev–Trinajstić information content (AvgIpc) is 3.05. The van der Waals surface area contributed by atoms with Gasteiger partial charge < -0.3 is 9.64 Å². The van der Waals surface area contributed by atoms with Crippen molar-refractivity contribution in [1.29, 1.82) is 5.26 Å². The smallest absolute Gasteiger partial charge is 0.321 e. The highest BCUT2D eigenvalue weighted by molar-refractivity contribution is 6.26. The number of nitrogens with one attached hydrogen (secondary N) is 1. The Kier molecular flexibility index (Phi) is 5.95. The van der Waals surface area contributed by atoms with Gasteiger partial charge in [-0.05, 0) is 80.5 Å². The zero-order valence-corrected chi connectivity index (χ0v) is 19.1. The summed E-state index contributed by atoms with van der Waals surface area (Å²) in [5.41, 5.74) is 0.802. The Hall–Kier alpha value is -0.790. The second-order valence-electron chi connectivity index (χ2n) is 11.0. The number of ether oxygens (including phenoxy) is 1. The molecule has 4 nitrogen and oxygen atoms in total. The summed E-state index contributed by atoms with van der Waals surface area (Å²) < 4.78 is 5.62. The summed E-state index contributed by atoms with van der Waals surface area (Å²) in [7, 11) is 2.23. The number of fused-ring (bicyclic) bond motifs is 5. The van der Waals surface area contributed by atoms with Crippen molar-refractivity contribution in [3.63, 3.8) is 0 Å². The van der Waals surface area contributed by atoms with Crippen LogP contribution < -0.4 is 4.90 Å². The number of hydrogen-bond acceptors (Lipinski definition) is 3. The fourth-order valence-corrected chi connectivity index (χ4v) is 8.66. The fraction of sp³-hybridized carbons (Fsp3) is 0.917. The van der Waals surface area contributed by atoms with E-state index in [1.165, 1.54) is 49.8 Å². The third kappa shape index (κ3) is 3.51. The fourth-order valence-electron chi connectivity index (χ4n) is 8.60. The van der Waals surface area contributed by atoms with Gasteiger partial charge in [-0.15, -0.1) is 11.6 Å². The van der Waals surface area contributed by atoms with E-state index in [1.54, 1.807) is 0 Å². The van der Waals surface area contributed by atoms with Crippen LogP contribution in [0.1, 0.15) is 71.6 Å². The van der Waals surface area contributed by atoms with Crippen LogP contribution in [0.25, 0.3) is 0 Å². The number of carbonyl (C=O) groups is 1. The lowest BCUT2D eigenvalue weighted by Crippen LogP contribution is -3.14. The van der Waals surface area contributed by atoms with Gasteiger partial charge in [0, 0.05) is 11.8 Å². The number of nitriles is 1. The molecule has 4 rings (SSSR count). The van der Waals surface area contributed by atoms with Gasteiger partial charge in [0.05, 0.1) is 13.1 Å². The van der Waals surface area contributed by atoms with E-state index < -0.39 is 0 Å². The van der Waals surface area contributed by atoms with Gasteiger partial charge in [-0.2, -0.15) is 5.26 Å². The maximum absolute atomic E-state index is 11.7. The zero-order chi connectivity index (χ0) is 20.8. The molecule has 0 aromatic heterocycles. The minimum atomic E-state index is -0.261. The number of hydrogen-bond donors (Lipinski definition) is 1. The number of carbonyl (C=O) groups excluding carboxylic acids is 1. The highest BCUT2D eigenvalue weighted by Gasteiger charge is 2.62. The monoisotopic (exact) mass is 421 g/mol. The van der Waals surface area contributed by atoms with Crippen LogP contribution in [0.15, 0.2) is 0 Å². The maximum Gasteiger partial charge on any atom is 0.321 e. The van der Waals surface area contributed by atoms with Gasteiger partial charge in [-0.3, -0.25) is 4.79 Å². The summed E-state index contributed by atoms with van der Waals surface area (Å²) in [6, 6.07) is 3.04. The average molecular weight is 422 g/mol. The van der Waals surface area contributed by atoms with Crippen molar-refractivity contribution in [3.8, 4) is 6.07 Å². The Labute approximate surface area is 181 Å². The van der Waals surface area contributed by atoms with E-state index in [1.807, 2.05) is 0 Å². The molecule has 0 radical (unpaired) electrons. The lowest BCUT2D eigenvalue weighted by Gasteiger charge is -2.60. The molecule has 1 unspecified atom stereocenters. The molecule has 162 valence electrons. The molecule has 4 aliphatic rings. The molecule has 4 fully saturated rings. The molecule has 9 atom stereocenters. The van der Waals surface area contributed by atoms with Crippen molar-refractivity contribution in [1.82, 2.24) is 0 Å². The predicted octanol–water partition coefficient (Wildman–Crippen LogP) is 3.59. The van der Waals surface area contributed by atoms with Crippen LogP contribution in [0.5, 0.6) is 0 Å². The molecule has 0 spiro atoms. The first-order chi connectivity index (χ1) is 13.8. The predicted molar refractivity (Wildman–Crippen MR) is 113 cm³/mol. The Bertz CT molecular complexity index is 678. The zero-order valence-electron chi connectivity index (χ0n) is 18.4. The summed E-state index contributed by atoms with van der Waals surface area (Å²) in [6.07, 6.45) is 11.2. The summed E-state index contributed by atoms with van der Waals surface area (Å²) in [6.45, 7) is 5.73. The molecule has 0 aromatic rings. The van der Waals surface area contributed by atoms with Crippen molar-refractivity contribution in [2.24, 2.45) is 34.5 Å². The second-order valence-corrected chi connectivity index (χ2v) is 11.3. The molecule has 0 saturated heterocycles. The number of halogens is 1. The van der Waals surface area contributed by atoms with E-state index in [0.717, 1.165) is 30.6 Å². The quantitative estimate of drug-likeness (QED) is 0.428. The lowest BCUT2D eigenvalue weighted by molar-refractivity contribution is -0.906. The first-order valence-corrected chi connectivity index (χ1v) is 12.3. The van der Waals surface area contributed by atoms with Crippen molar-refractivity contribution < 1.29 is 14.4 Å². The first-order valence-electron chi connectivity index (χ1n) is 11.8. The van der Waals surface area contributed by atoms with E-state index in [4.69, 9.17) is 16.3 Å². The molecule has 0 amide bonds. The Morgan fingerprint density at radius 2 is 1.83 bits per heavy atom. The van der Waals surface area contributed by atoms with Gasteiger partial charge in [0.1, 0.15) is 18.1 Å². The molecule has 0 bridgehead atoms. The minimum Gasteiger partial charge on any atom is -0.461 e. The van der Waals surface area contributed by atoms with E-state index in [2.05, 4.69) is 27.0 Å². The summed E-state index contributed by atoms with van der Waals surface area (Å²) in [5, 5.41) is 9.21. The van der Waals surface area contributed by atoms with Crippen molar-refractivity contribution in [2.45, 2.75) is 83.8 Å². The van der Waals surface area contributed by atoms with E-state index >= 15 is 0 Å². The molecule has 29 heavy (non-hydrogen) atoms. The van der Waals surface area contributed by atoms with E-state index in [-0.39, 0.29) is 18.0 Å². The van der Waals surface area contributed by atoms with Crippen LogP contribution in [0, 0.1) is 45.8 Å². The molecule has 0 aromatic carbocycles. The second kappa shape index (κ2) is 8.04. The molecule has 1 N–H and O–H groups in total. The minimum absolute atomic E-state index is 0.0349. The summed E-state index contributed by atoms with van der Waals surface area (Å²) in [4.78, 5) is 13.1. The van der Waals surface area contributed by atoms with Crippen LogP contribution in [0.2, 0.25) is 0 Å². The third-order valence-electron chi connectivity index (χ3n) is 9.98. The lowest BCUT2D eigenvalue weighted by atomic mass is 9.45. The van der Waals surface area contributed by atoms with Gasteiger partial charge in [0.2, 0.25) is 0 Å². The molecular formula is C24H38ClN2O2+. The van der Waals surface area contributed by atoms with Crippen LogP contribution >= 0.6 is 11.6 Å². The van der Waals surface area contributed by atoms with Crippen LogP contribution in [0.4, 0.5) is 0 Å². The molecule has 0 heterocycles. The maximum atomic E-state index is 11.7. The Balaban J connectivity index is 1.49. The molecule has 4 saturated carbocycles.